The third kappa shape index (κ3) is 11.2. The second-order valence-electron chi connectivity index (χ2n) is 9.49. The van der Waals surface area contributed by atoms with Crippen molar-refractivity contribution in [2.45, 2.75) is 51.6 Å². The molecule has 0 radical (unpaired) electrons. The topological polar surface area (TPSA) is 54.6 Å². The van der Waals surface area contributed by atoms with Crippen LogP contribution in [0.5, 0.6) is 0 Å². The summed E-state index contributed by atoms with van der Waals surface area (Å²) in [5.74, 6) is 0. The summed E-state index contributed by atoms with van der Waals surface area (Å²) in [5, 5.41) is 14.3. The van der Waals surface area contributed by atoms with Gasteiger partial charge in [0.2, 0.25) is 0 Å². The molecule has 0 amide bonds. The Hall–Kier alpha value is -1.02. The normalized spacial score (nSPS) is 22.8. The Labute approximate surface area is 196 Å². The van der Waals surface area contributed by atoms with Crippen LogP contribution in [-0.2, 0) is 13.1 Å². The first-order valence-electron chi connectivity index (χ1n) is 13.3. The highest BCUT2D eigenvalue weighted by Crippen LogP contribution is 2.12. The fourth-order valence-electron chi connectivity index (χ4n) is 4.69. The van der Waals surface area contributed by atoms with E-state index in [0.29, 0.717) is 0 Å². The van der Waals surface area contributed by atoms with Crippen molar-refractivity contribution < 1.29 is 0 Å². The summed E-state index contributed by atoms with van der Waals surface area (Å²) in [6.07, 6.45) is 7.44. The standard InChI is InChI=1S/C26H48N6/c1-11-27-15-3-19-31(20-4-16-28-12-1)23-25-7-9-26(10-8-25)24-32-21-5-17-29-13-2-14-30-18-6-22-32/h7-10,27-30H,1-6,11-24H2. The summed E-state index contributed by atoms with van der Waals surface area (Å²) in [7, 11) is 0. The summed E-state index contributed by atoms with van der Waals surface area (Å²) in [6.45, 7) is 16.0. The lowest BCUT2D eigenvalue weighted by Gasteiger charge is -2.25. The van der Waals surface area contributed by atoms with Crippen molar-refractivity contribution in [2.24, 2.45) is 0 Å². The Morgan fingerprint density at radius 2 is 0.719 bits per heavy atom. The van der Waals surface area contributed by atoms with Gasteiger partial charge in [-0.05, 0) is 128 Å². The van der Waals surface area contributed by atoms with Gasteiger partial charge in [-0.3, -0.25) is 9.80 Å². The molecule has 4 N–H and O–H groups in total. The van der Waals surface area contributed by atoms with Gasteiger partial charge in [0, 0.05) is 13.1 Å². The van der Waals surface area contributed by atoms with Gasteiger partial charge in [-0.2, -0.15) is 0 Å². The molecule has 2 aliphatic rings. The van der Waals surface area contributed by atoms with E-state index in [-0.39, 0.29) is 0 Å². The average Bonchev–Trinajstić information content (AvgIpc) is 2.79. The van der Waals surface area contributed by atoms with Crippen LogP contribution in [0.15, 0.2) is 24.3 Å². The molecule has 0 atom stereocenters. The van der Waals surface area contributed by atoms with Crippen LogP contribution in [0.25, 0.3) is 0 Å². The highest BCUT2D eigenvalue weighted by molar-refractivity contribution is 5.22. The maximum absolute atomic E-state index is 3.58. The molecule has 0 aromatic heterocycles. The fraction of sp³-hybridized carbons (Fsp3) is 0.769. The second-order valence-corrected chi connectivity index (χ2v) is 9.49. The minimum Gasteiger partial charge on any atom is -0.317 e. The molecule has 2 saturated heterocycles. The number of hydrogen-bond donors (Lipinski definition) is 4. The molecule has 6 heteroatoms. The van der Waals surface area contributed by atoms with Crippen LogP contribution >= 0.6 is 0 Å². The van der Waals surface area contributed by atoms with Crippen LogP contribution in [0.2, 0.25) is 0 Å². The number of rotatable bonds is 4. The maximum Gasteiger partial charge on any atom is 0.0233 e. The van der Waals surface area contributed by atoms with Gasteiger partial charge in [0.1, 0.15) is 0 Å². The van der Waals surface area contributed by atoms with Crippen molar-refractivity contribution >= 4 is 0 Å². The number of nitrogens with zero attached hydrogens (tertiary/aromatic N) is 2. The molecular weight excluding hydrogens is 396 g/mol. The molecule has 2 fully saturated rings. The third-order valence-electron chi connectivity index (χ3n) is 6.56. The Balaban J connectivity index is 1.46. The van der Waals surface area contributed by atoms with E-state index in [0.717, 1.165) is 65.4 Å². The summed E-state index contributed by atoms with van der Waals surface area (Å²) in [6, 6.07) is 9.45. The van der Waals surface area contributed by atoms with E-state index in [1.165, 1.54) is 75.8 Å². The predicted molar refractivity (Wildman–Crippen MR) is 136 cm³/mol. The molecule has 0 unspecified atom stereocenters. The van der Waals surface area contributed by atoms with Crippen LogP contribution in [0.1, 0.15) is 49.7 Å². The van der Waals surface area contributed by atoms with E-state index in [9.17, 15) is 0 Å². The predicted octanol–water partition coefficient (Wildman–Crippen LogP) is 2.02. The second kappa shape index (κ2) is 16.6. The molecule has 6 nitrogen and oxygen atoms in total. The Morgan fingerprint density at radius 3 is 1.03 bits per heavy atom. The van der Waals surface area contributed by atoms with Crippen molar-refractivity contribution in [1.29, 1.82) is 0 Å². The number of nitrogens with one attached hydrogen (secondary N) is 4. The maximum atomic E-state index is 3.58. The molecule has 2 heterocycles. The lowest BCUT2D eigenvalue weighted by Crippen LogP contribution is -2.33. The molecule has 2 aliphatic heterocycles. The monoisotopic (exact) mass is 444 g/mol. The van der Waals surface area contributed by atoms with Crippen molar-refractivity contribution in [3.05, 3.63) is 35.4 Å². The molecule has 3 rings (SSSR count). The Bertz CT molecular complexity index is 503. The van der Waals surface area contributed by atoms with Crippen molar-refractivity contribution in [3.63, 3.8) is 0 Å². The largest absolute Gasteiger partial charge is 0.317 e. The summed E-state index contributed by atoms with van der Waals surface area (Å²) < 4.78 is 0. The zero-order valence-electron chi connectivity index (χ0n) is 20.3. The van der Waals surface area contributed by atoms with Crippen LogP contribution in [0.3, 0.4) is 0 Å². The van der Waals surface area contributed by atoms with Crippen LogP contribution in [-0.4, -0.2) is 88.3 Å². The molecule has 1 aromatic rings. The van der Waals surface area contributed by atoms with Gasteiger partial charge >= 0.3 is 0 Å². The van der Waals surface area contributed by atoms with E-state index in [4.69, 9.17) is 0 Å². The highest BCUT2D eigenvalue weighted by atomic mass is 15.1. The van der Waals surface area contributed by atoms with E-state index in [1.54, 1.807) is 0 Å². The fourth-order valence-corrected chi connectivity index (χ4v) is 4.69. The van der Waals surface area contributed by atoms with Crippen LogP contribution < -0.4 is 21.3 Å². The zero-order chi connectivity index (χ0) is 22.1. The highest BCUT2D eigenvalue weighted by Gasteiger charge is 2.09. The van der Waals surface area contributed by atoms with Gasteiger partial charge in [0.15, 0.2) is 0 Å². The quantitative estimate of drug-likeness (QED) is 0.570. The first kappa shape index (κ1) is 25.6. The Morgan fingerprint density at radius 1 is 0.438 bits per heavy atom. The van der Waals surface area contributed by atoms with Crippen molar-refractivity contribution in [3.8, 4) is 0 Å². The third-order valence-corrected chi connectivity index (χ3v) is 6.56. The van der Waals surface area contributed by atoms with Crippen LogP contribution in [0.4, 0.5) is 0 Å². The molecule has 32 heavy (non-hydrogen) atoms. The molecule has 0 saturated carbocycles. The van der Waals surface area contributed by atoms with E-state index >= 15 is 0 Å². The number of benzene rings is 1. The van der Waals surface area contributed by atoms with Gasteiger partial charge in [-0.1, -0.05) is 24.3 Å². The minimum atomic E-state index is 1.07. The Kier molecular flexibility index (Phi) is 13.3. The average molecular weight is 445 g/mol. The smallest absolute Gasteiger partial charge is 0.0233 e. The summed E-state index contributed by atoms with van der Waals surface area (Å²) >= 11 is 0. The van der Waals surface area contributed by atoms with Gasteiger partial charge in [-0.25, -0.2) is 0 Å². The molecule has 182 valence electrons. The van der Waals surface area contributed by atoms with E-state index in [2.05, 4.69) is 55.3 Å². The molecular formula is C26H48N6. The summed E-state index contributed by atoms with van der Waals surface area (Å²) in [4.78, 5) is 5.27. The molecule has 0 spiro atoms. The first-order valence-corrected chi connectivity index (χ1v) is 13.3. The van der Waals surface area contributed by atoms with Crippen molar-refractivity contribution in [1.82, 2.24) is 31.1 Å². The van der Waals surface area contributed by atoms with Gasteiger partial charge < -0.3 is 21.3 Å². The van der Waals surface area contributed by atoms with Gasteiger partial charge in [0.05, 0.1) is 0 Å². The summed E-state index contributed by atoms with van der Waals surface area (Å²) in [5.41, 5.74) is 2.90. The van der Waals surface area contributed by atoms with Gasteiger partial charge in [-0.15, -0.1) is 0 Å². The zero-order valence-corrected chi connectivity index (χ0v) is 20.3. The first-order chi connectivity index (χ1) is 15.9. The lowest BCUT2D eigenvalue weighted by atomic mass is 10.1. The van der Waals surface area contributed by atoms with Gasteiger partial charge in [0.25, 0.3) is 0 Å². The van der Waals surface area contributed by atoms with E-state index < -0.39 is 0 Å². The SMILES string of the molecule is c1cc(CN2CCCNCCCNCCC2)ccc1CN1CCCNCCCNCCC1. The van der Waals surface area contributed by atoms with E-state index in [1.807, 2.05) is 0 Å². The van der Waals surface area contributed by atoms with Crippen LogP contribution in [0, 0.1) is 0 Å². The molecule has 0 aliphatic carbocycles. The van der Waals surface area contributed by atoms with Crippen molar-refractivity contribution in [2.75, 3.05) is 78.5 Å². The number of hydrogen-bond acceptors (Lipinski definition) is 6. The lowest BCUT2D eigenvalue weighted by molar-refractivity contribution is 0.253. The minimum absolute atomic E-state index is 1.07. The molecule has 1 aromatic carbocycles. The molecule has 0 bridgehead atoms.